The van der Waals surface area contributed by atoms with Gasteiger partial charge in [0.05, 0.1) is 12.5 Å². The standard InChI is InChI=1S/C21H35N5O2/c1-4-17-14-23-16(2)24-20(17)25-11-7-19(8-12-25)26-10-5-6-18(15-26)21(27)22-9-13-28-3/h14,18-19H,4-13,15H2,1-3H3,(H,22,27)/t18-/m1/s1. The van der Waals surface area contributed by atoms with Gasteiger partial charge in [-0.15, -0.1) is 0 Å². The third-order valence-electron chi connectivity index (χ3n) is 6.05. The van der Waals surface area contributed by atoms with Crippen LogP contribution in [0.4, 0.5) is 5.82 Å². The fraction of sp³-hybridized carbons (Fsp3) is 0.762. The predicted octanol–water partition coefficient (Wildman–Crippen LogP) is 1.79. The van der Waals surface area contributed by atoms with Crippen molar-refractivity contribution in [3.05, 3.63) is 17.6 Å². The summed E-state index contributed by atoms with van der Waals surface area (Å²) in [6.07, 6.45) is 7.29. The molecular weight excluding hydrogens is 354 g/mol. The Morgan fingerprint density at radius 3 is 2.79 bits per heavy atom. The van der Waals surface area contributed by atoms with Crippen molar-refractivity contribution in [1.82, 2.24) is 20.2 Å². The van der Waals surface area contributed by atoms with Crippen LogP contribution in [0.15, 0.2) is 6.20 Å². The SMILES string of the molecule is CCc1cnc(C)nc1N1CCC(N2CCC[C@@H](C(=O)NCCOC)C2)CC1. The van der Waals surface area contributed by atoms with Gasteiger partial charge in [0.15, 0.2) is 0 Å². The fourth-order valence-corrected chi connectivity index (χ4v) is 4.42. The maximum atomic E-state index is 12.4. The van der Waals surface area contributed by atoms with Crippen LogP contribution in [0.3, 0.4) is 0 Å². The van der Waals surface area contributed by atoms with Gasteiger partial charge < -0.3 is 15.0 Å². The topological polar surface area (TPSA) is 70.6 Å². The zero-order valence-electron chi connectivity index (χ0n) is 17.6. The number of nitrogens with one attached hydrogen (secondary N) is 1. The third kappa shape index (κ3) is 5.20. The number of ether oxygens (including phenoxy) is 1. The van der Waals surface area contributed by atoms with E-state index in [9.17, 15) is 4.79 Å². The number of nitrogens with zero attached hydrogens (tertiary/aromatic N) is 4. The minimum absolute atomic E-state index is 0.111. The van der Waals surface area contributed by atoms with Crippen molar-refractivity contribution in [2.24, 2.45) is 5.92 Å². The molecule has 2 aliphatic rings. The molecule has 0 aliphatic carbocycles. The molecule has 1 amide bonds. The summed E-state index contributed by atoms with van der Waals surface area (Å²) in [4.78, 5) is 26.5. The van der Waals surface area contributed by atoms with Crippen LogP contribution in [0.5, 0.6) is 0 Å². The highest BCUT2D eigenvalue weighted by molar-refractivity contribution is 5.78. The van der Waals surface area contributed by atoms with E-state index in [1.807, 2.05) is 13.1 Å². The number of carbonyl (C=O) groups excluding carboxylic acids is 1. The molecule has 3 rings (SSSR count). The average Bonchev–Trinajstić information content (AvgIpc) is 2.74. The molecule has 1 atom stereocenters. The van der Waals surface area contributed by atoms with Crippen LogP contribution < -0.4 is 10.2 Å². The van der Waals surface area contributed by atoms with Gasteiger partial charge in [0.2, 0.25) is 5.91 Å². The maximum absolute atomic E-state index is 12.4. The molecule has 1 N–H and O–H groups in total. The molecule has 0 unspecified atom stereocenters. The summed E-state index contributed by atoms with van der Waals surface area (Å²) in [5.74, 6) is 2.25. The number of piperidine rings is 2. The van der Waals surface area contributed by atoms with Gasteiger partial charge in [-0.3, -0.25) is 9.69 Å². The van der Waals surface area contributed by atoms with Crippen LogP contribution in [-0.4, -0.2) is 73.3 Å². The van der Waals surface area contributed by atoms with Crippen molar-refractivity contribution in [1.29, 1.82) is 0 Å². The number of anilines is 1. The Balaban J connectivity index is 1.53. The third-order valence-corrected chi connectivity index (χ3v) is 6.05. The molecule has 1 aromatic heterocycles. The smallest absolute Gasteiger partial charge is 0.224 e. The molecule has 0 aromatic carbocycles. The van der Waals surface area contributed by atoms with E-state index >= 15 is 0 Å². The minimum Gasteiger partial charge on any atom is -0.383 e. The lowest BCUT2D eigenvalue weighted by Gasteiger charge is -2.42. The number of amides is 1. The summed E-state index contributed by atoms with van der Waals surface area (Å²) in [6, 6.07) is 0.568. The largest absolute Gasteiger partial charge is 0.383 e. The number of rotatable bonds is 7. The Kier molecular flexibility index (Phi) is 7.62. The van der Waals surface area contributed by atoms with Crippen molar-refractivity contribution in [3.8, 4) is 0 Å². The van der Waals surface area contributed by atoms with Crippen LogP contribution in [0, 0.1) is 12.8 Å². The van der Waals surface area contributed by atoms with E-state index < -0.39 is 0 Å². The van der Waals surface area contributed by atoms with E-state index in [1.165, 1.54) is 5.56 Å². The second-order valence-electron chi connectivity index (χ2n) is 7.96. The van der Waals surface area contributed by atoms with Gasteiger partial charge in [-0.05, 0) is 45.6 Å². The molecule has 28 heavy (non-hydrogen) atoms. The van der Waals surface area contributed by atoms with Crippen molar-refractivity contribution in [3.63, 3.8) is 0 Å². The number of hydrogen-bond acceptors (Lipinski definition) is 6. The lowest BCUT2D eigenvalue weighted by atomic mass is 9.93. The average molecular weight is 390 g/mol. The monoisotopic (exact) mass is 389 g/mol. The quantitative estimate of drug-likeness (QED) is 0.717. The van der Waals surface area contributed by atoms with Gasteiger partial charge in [-0.25, -0.2) is 9.97 Å². The van der Waals surface area contributed by atoms with Gasteiger partial charge >= 0.3 is 0 Å². The maximum Gasteiger partial charge on any atom is 0.224 e. The Morgan fingerprint density at radius 1 is 1.29 bits per heavy atom. The molecular formula is C21H35N5O2. The van der Waals surface area contributed by atoms with Crippen LogP contribution in [0.25, 0.3) is 0 Å². The zero-order valence-corrected chi connectivity index (χ0v) is 17.6. The van der Waals surface area contributed by atoms with Gasteiger partial charge in [0.25, 0.3) is 0 Å². The van der Waals surface area contributed by atoms with E-state index in [-0.39, 0.29) is 11.8 Å². The van der Waals surface area contributed by atoms with Gasteiger partial charge in [0.1, 0.15) is 11.6 Å². The van der Waals surface area contributed by atoms with Crippen LogP contribution in [0.2, 0.25) is 0 Å². The molecule has 0 saturated carbocycles. The Labute approximate surface area is 168 Å². The lowest BCUT2D eigenvalue weighted by Crippen LogP contribution is -2.51. The number of carbonyl (C=O) groups is 1. The summed E-state index contributed by atoms with van der Waals surface area (Å²) < 4.78 is 5.03. The first-order valence-electron chi connectivity index (χ1n) is 10.7. The first kappa shape index (κ1) is 21.0. The Bertz CT molecular complexity index is 646. The van der Waals surface area contributed by atoms with Crippen LogP contribution >= 0.6 is 0 Å². The second-order valence-corrected chi connectivity index (χ2v) is 7.96. The van der Waals surface area contributed by atoms with E-state index in [1.54, 1.807) is 7.11 Å². The van der Waals surface area contributed by atoms with Crippen LogP contribution in [-0.2, 0) is 16.0 Å². The molecule has 7 heteroatoms. The first-order chi connectivity index (χ1) is 13.6. The summed E-state index contributed by atoms with van der Waals surface area (Å²) >= 11 is 0. The number of hydrogen-bond donors (Lipinski definition) is 1. The van der Waals surface area contributed by atoms with Crippen molar-refractivity contribution in [2.75, 3.05) is 51.3 Å². The summed E-state index contributed by atoms with van der Waals surface area (Å²) in [7, 11) is 1.66. The minimum atomic E-state index is 0.111. The first-order valence-corrected chi connectivity index (χ1v) is 10.7. The Morgan fingerprint density at radius 2 is 2.07 bits per heavy atom. The van der Waals surface area contributed by atoms with Gasteiger partial charge in [0, 0.05) is 51.1 Å². The van der Waals surface area contributed by atoms with Crippen molar-refractivity contribution < 1.29 is 9.53 Å². The van der Waals surface area contributed by atoms with Crippen LogP contribution in [0.1, 0.15) is 44.0 Å². The molecule has 0 radical (unpaired) electrons. The molecule has 3 heterocycles. The highest BCUT2D eigenvalue weighted by Crippen LogP contribution is 2.27. The highest BCUT2D eigenvalue weighted by atomic mass is 16.5. The van der Waals surface area contributed by atoms with Crippen molar-refractivity contribution >= 4 is 11.7 Å². The van der Waals surface area contributed by atoms with E-state index in [2.05, 4.69) is 27.0 Å². The number of aryl methyl sites for hydroxylation is 2. The van der Waals surface area contributed by atoms with E-state index in [4.69, 9.17) is 9.72 Å². The molecule has 1 aromatic rings. The molecule has 156 valence electrons. The number of methoxy groups -OCH3 is 1. The van der Waals surface area contributed by atoms with Gasteiger partial charge in [-0.2, -0.15) is 0 Å². The van der Waals surface area contributed by atoms with Crippen molar-refractivity contribution in [2.45, 2.75) is 52.0 Å². The summed E-state index contributed by atoms with van der Waals surface area (Å²) in [5, 5.41) is 3.01. The molecule has 2 fully saturated rings. The zero-order chi connectivity index (χ0) is 19.9. The van der Waals surface area contributed by atoms with Gasteiger partial charge in [-0.1, -0.05) is 6.92 Å². The molecule has 2 aliphatic heterocycles. The highest BCUT2D eigenvalue weighted by Gasteiger charge is 2.32. The molecule has 7 nitrogen and oxygen atoms in total. The molecule has 0 spiro atoms. The fourth-order valence-electron chi connectivity index (χ4n) is 4.42. The second kappa shape index (κ2) is 10.2. The Hall–Kier alpha value is -1.73. The lowest BCUT2D eigenvalue weighted by molar-refractivity contribution is -0.127. The molecule has 2 saturated heterocycles. The van der Waals surface area contributed by atoms with E-state index in [0.717, 1.165) is 69.9 Å². The number of likely N-dealkylation sites (tertiary alicyclic amines) is 1. The molecule has 0 bridgehead atoms. The summed E-state index contributed by atoms with van der Waals surface area (Å²) in [6.45, 7) is 9.34. The number of aromatic nitrogens is 2. The van der Waals surface area contributed by atoms with E-state index in [0.29, 0.717) is 19.2 Å². The predicted molar refractivity (Wildman–Crippen MR) is 111 cm³/mol. The normalized spacial score (nSPS) is 21.7. The summed E-state index contributed by atoms with van der Waals surface area (Å²) in [5.41, 5.74) is 1.23.